The topological polar surface area (TPSA) is 178 Å². The first-order valence-corrected chi connectivity index (χ1v) is 31.4. The second kappa shape index (κ2) is 52.7. The van der Waals surface area contributed by atoms with Gasteiger partial charge in [-0.25, -0.2) is 4.18 Å². The average molecular weight is 1090 g/mol. The normalized spacial score (nSPS) is 19.3. The third-order valence-corrected chi connectivity index (χ3v) is 13.7. The smallest absolute Gasteiger partial charge is 0.397 e. The van der Waals surface area contributed by atoms with Gasteiger partial charge >= 0.3 is 16.4 Å². The second-order valence-electron chi connectivity index (χ2n) is 20.2. The molecule has 12 nitrogen and oxygen atoms in total. The van der Waals surface area contributed by atoms with Crippen LogP contribution in [0.4, 0.5) is 0 Å². The van der Waals surface area contributed by atoms with Gasteiger partial charge in [0.25, 0.3) is 0 Å². The van der Waals surface area contributed by atoms with Gasteiger partial charge in [-0.3, -0.25) is 9.35 Å². The molecular weight excluding hydrogens is 981 g/mol. The summed E-state index contributed by atoms with van der Waals surface area (Å²) < 4.78 is 59.5. The van der Waals surface area contributed by atoms with Crippen LogP contribution < -0.4 is 0 Å². The maximum Gasteiger partial charge on any atom is 0.397 e. The second-order valence-corrected chi connectivity index (χ2v) is 21.2. The van der Waals surface area contributed by atoms with Gasteiger partial charge in [-0.2, -0.15) is 8.42 Å². The highest BCUT2D eigenvalue weighted by molar-refractivity contribution is 7.80. The summed E-state index contributed by atoms with van der Waals surface area (Å²) >= 11 is 0. The van der Waals surface area contributed by atoms with E-state index < -0.39 is 59.8 Å². The molecule has 0 radical (unpaired) electrons. The molecule has 0 aromatic carbocycles. The van der Waals surface area contributed by atoms with Crippen molar-refractivity contribution in [1.82, 2.24) is 0 Å². The largest absolute Gasteiger partial charge is 0.457 e. The molecule has 0 amide bonds. The average Bonchev–Trinajstić information content (AvgIpc) is 3.40. The highest BCUT2D eigenvalue weighted by atomic mass is 32.3. The molecule has 1 fully saturated rings. The van der Waals surface area contributed by atoms with E-state index in [-0.39, 0.29) is 19.6 Å². The molecular formula is C63H108O12S. The predicted octanol–water partition coefficient (Wildman–Crippen LogP) is 15.3. The molecule has 4 N–H and O–H groups in total. The minimum absolute atomic E-state index is 0.0288. The molecule has 1 rings (SSSR count). The summed E-state index contributed by atoms with van der Waals surface area (Å²) in [7, 11) is -5.07. The number of esters is 1. The van der Waals surface area contributed by atoms with Crippen molar-refractivity contribution < 1.29 is 56.2 Å². The van der Waals surface area contributed by atoms with Crippen molar-refractivity contribution in [1.29, 1.82) is 0 Å². The summed E-state index contributed by atoms with van der Waals surface area (Å²) in [6.07, 6.45) is 64.4. The number of rotatable bonds is 52. The van der Waals surface area contributed by atoms with Crippen molar-refractivity contribution in [2.75, 3.05) is 26.4 Å². The molecule has 0 aromatic heterocycles. The Morgan fingerprint density at radius 3 is 1.26 bits per heavy atom. The molecule has 0 saturated carbocycles. The fourth-order valence-electron chi connectivity index (χ4n) is 8.77. The van der Waals surface area contributed by atoms with Gasteiger partial charge in [-0.1, -0.05) is 233 Å². The molecule has 0 aliphatic carbocycles. The maximum absolute atomic E-state index is 13.0. The van der Waals surface area contributed by atoms with Crippen LogP contribution in [0, 0.1) is 0 Å². The van der Waals surface area contributed by atoms with E-state index in [1.165, 1.54) is 103 Å². The van der Waals surface area contributed by atoms with Crippen LogP contribution in [0.2, 0.25) is 0 Å². The predicted molar refractivity (Wildman–Crippen MR) is 312 cm³/mol. The number of ether oxygens (including phenoxy) is 4. The van der Waals surface area contributed by atoms with Gasteiger partial charge in [0, 0.05) is 13.0 Å². The molecule has 1 aliphatic heterocycles. The van der Waals surface area contributed by atoms with Gasteiger partial charge in [0.15, 0.2) is 6.29 Å². The van der Waals surface area contributed by atoms with E-state index in [1.54, 1.807) is 0 Å². The molecule has 0 aromatic rings. The van der Waals surface area contributed by atoms with Crippen molar-refractivity contribution in [2.45, 2.75) is 269 Å². The van der Waals surface area contributed by atoms with Crippen LogP contribution in [-0.4, -0.2) is 97.5 Å². The van der Waals surface area contributed by atoms with Crippen LogP contribution in [0.3, 0.4) is 0 Å². The number of hydrogen-bond donors (Lipinski definition) is 4. The Labute approximate surface area is 463 Å². The molecule has 438 valence electrons. The van der Waals surface area contributed by atoms with Gasteiger partial charge in [0.1, 0.15) is 30.5 Å². The lowest BCUT2D eigenvalue weighted by atomic mass is 9.99. The molecule has 6 atom stereocenters. The standard InChI is InChI=1S/C63H108O12S/c1-3-5-7-9-11-13-15-17-19-21-23-25-27-29-30-32-34-36-38-40-42-44-46-48-50-52-59(65)73-57(56-72-63-61(67)62(75-76(68,69)70)60(66)58(54-64)74-63)55-71-53-51-49-47-45-43-41-39-37-35-33-31-28-26-24-22-20-18-16-14-12-10-8-6-4-2/h5-8,11-14,17-20,23-26,57-58,60-64,66-67H,3-4,9-10,15-16,21-22,27-56H2,1-2H3,(H,68,69,70)/b7-5-,8-6-,13-11-,14-12-,19-17-,20-18-,25-23-,26-24-. The van der Waals surface area contributed by atoms with Crippen LogP contribution in [0.5, 0.6) is 0 Å². The summed E-state index contributed by atoms with van der Waals surface area (Å²) in [4.78, 5) is 13.0. The molecule has 1 heterocycles. The first-order chi connectivity index (χ1) is 37.1. The fraction of sp³-hybridized carbons (Fsp3) is 0.730. The molecule has 0 bridgehead atoms. The van der Waals surface area contributed by atoms with Crippen molar-refractivity contribution in [2.24, 2.45) is 0 Å². The third-order valence-electron chi connectivity index (χ3n) is 13.2. The van der Waals surface area contributed by atoms with E-state index in [0.717, 1.165) is 103 Å². The summed E-state index contributed by atoms with van der Waals surface area (Å²) in [6, 6.07) is 0. The maximum atomic E-state index is 13.0. The van der Waals surface area contributed by atoms with E-state index in [9.17, 15) is 33.1 Å². The molecule has 13 heteroatoms. The van der Waals surface area contributed by atoms with Crippen LogP contribution in [0.1, 0.15) is 232 Å². The molecule has 1 aliphatic rings. The first-order valence-electron chi connectivity index (χ1n) is 30.0. The van der Waals surface area contributed by atoms with Crippen molar-refractivity contribution in [3.63, 3.8) is 0 Å². The quantitative estimate of drug-likeness (QED) is 0.0196. The Morgan fingerprint density at radius 2 is 0.868 bits per heavy atom. The van der Waals surface area contributed by atoms with Crippen molar-refractivity contribution in [3.05, 3.63) is 97.2 Å². The third kappa shape index (κ3) is 44.9. The van der Waals surface area contributed by atoms with Gasteiger partial charge in [-0.15, -0.1) is 0 Å². The van der Waals surface area contributed by atoms with E-state index in [4.69, 9.17) is 18.9 Å². The summed E-state index contributed by atoms with van der Waals surface area (Å²) in [5, 5.41) is 30.9. The van der Waals surface area contributed by atoms with E-state index in [1.807, 2.05) is 0 Å². The SMILES string of the molecule is CC/C=C\C/C=C\C/C=C\C/C=C\CCCCCCCCCCCCCCC(=O)OC(COCCCCCCCCCCCCC/C=C\C/C=C\C/C=C\C/C=C\CC)COC1OC(CO)C(O)C(OS(=O)(=O)O)C1O. The minimum atomic E-state index is -5.07. The zero-order valence-corrected chi connectivity index (χ0v) is 48.4. The number of carbonyl (C=O) groups excluding carboxylic acids is 1. The highest BCUT2D eigenvalue weighted by Gasteiger charge is 2.48. The minimum Gasteiger partial charge on any atom is -0.457 e. The highest BCUT2D eigenvalue weighted by Crippen LogP contribution is 2.26. The Hall–Kier alpha value is -2.98. The van der Waals surface area contributed by atoms with E-state index in [0.29, 0.717) is 13.0 Å². The number of aliphatic hydroxyl groups is 3. The molecule has 6 unspecified atom stereocenters. The van der Waals surface area contributed by atoms with Crippen LogP contribution in [0.25, 0.3) is 0 Å². The zero-order chi connectivity index (χ0) is 55.3. The monoisotopic (exact) mass is 1090 g/mol. The lowest BCUT2D eigenvalue weighted by Crippen LogP contribution is -2.60. The molecule has 76 heavy (non-hydrogen) atoms. The van der Waals surface area contributed by atoms with Crippen LogP contribution in [0.15, 0.2) is 97.2 Å². The lowest BCUT2D eigenvalue weighted by molar-refractivity contribution is -0.301. The fourth-order valence-corrected chi connectivity index (χ4v) is 9.28. The summed E-state index contributed by atoms with van der Waals surface area (Å²) in [5.74, 6) is -0.404. The number of hydrogen-bond acceptors (Lipinski definition) is 11. The van der Waals surface area contributed by atoms with Gasteiger partial charge in [0.05, 0.1) is 19.8 Å². The Kier molecular flexibility index (Phi) is 49.3. The van der Waals surface area contributed by atoms with Gasteiger partial charge < -0.3 is 34.3 Å². The molecule has 0 spiro atoms. The zero-order valence-electron chi connectivity index (χ0n) is 47.5. The number of carbonyl (C=O) groups is 1. The number of allylic oxidation sites excluding steroid dienone is 16. The van der Waals surface area contributed by atoms with E-state index in [2.05, 4.69) is 115 Å². The van der Waals surface area contributed by atoms with Crippen molar-refractivity contribution in [3.8, 4) is 0 Å². The Balaban J connectivity index is 2.28. The first kappa shape index (κ1) is 71.0. The van der Waals surface area contributed by atoms with Gasteiger partial charge in [0.2, 0.25) is 0 Å². The van der Waals surface area contributed by atoms with Crippen molar-refractivity contribution >= 4 is 16.4 Å². The molecule has 1 saturated heterocycles. The van der Waals surface area contributed by atoms with E-state index >= 15 is 0 Å². The number of unbranched alkanes of at least 4 members (excludes halogenated alkanes) is 23. The van der Waals surface area contributed by atoms with Crippen LogP contribution in [-0.2, 0) is 38.3 Å². The Morgan fingerprint density at radius 1 is 0.500 bits per heavy atom. The Bertz CT molecular complexity index is 1680. The number of aliphatic hydroxyl groups excluding tert-OH is 3. The van der Waals surface area contributed by atoms with Gasteiger partial charge in [-0.05, 0) is 89.9 Å². The van der Waals surface area contributed by atoms with Crippen LogP contribution >= 0.6 is 0 Å². The summed E-state index contributed by atoms with van der Waals surface area (Å²) in [5.41, 5.74) is 0. The summed E-state index contributed by atoms with van der Waals surface area (Å²) in [6.45, 7) is 3.78. The lowest BCUT2D eigenvalue weighted by Gasteiger charge is -2.41.